The Morgan fingerprint density at radius 3 is 2.61 bits per heavy atom. The molecule has 3 atom stereocenters. The van der Waals surface area contributed by atoms with Gasteiger partial charge < -0.3 is 10.2 Å². The first kappa shape index (κ1) is 16.4. The maximum atomic E-state index is 11.5. The normalized spacial score (nSPS) is 29.8. The van der Waals surface area contributed by atoms with E-state index in [1.165, 1.54) is 6.33 Å². The number of halogens is 1. The molecule has 1 saturated carbocycles. The highest BCUT2D eigenvalue weighted by molar-refractivity contribution is 6.30. The number of aliphatic hydroxyl groups is 2. The van der Waals surface area contributed by atoms with E-state index in [9.17, 15) is 10.2 Å². The summed E-state index contributed by atoms with van der Waals surface area (Å²) in [5.41, 5.74) is -0.600. The summed E-state index contributed by atoms with van der Waals surface area (Å²) in [5, 5.41) is 26.8. The molecule has 0 saturated heterocycles. The third kappa shape index (κ3) is 2.89. The fraction of sp³-hybridized carbons (Fsp3) is 0.529. The van der Waals surface area contributed by atoms with E-state index in [1.807, 2.05) is 38.1 Å². The molecule has 2 aromatic rings. The summed E-state index contributed by atoms with van der Waals surface area (Å²) in [6.07, 6.45) is 3.73. The van der Waals surface area contributed by atoms with E-state index < -0.39 is 17.1 Å². The van der Waals surface area contributed by atoms with Gasteiger partial charge in [0.1, 0.15) is 12.7 Å². The molecule has 0 spiro atoms. The Hall–Kier alpha value is -1.43. The number of benzene rings is 1. The van der Waals surface area contributed by atoms with E-state index in [-0.39, 0.29) is 5.92 Å². The lowest BCUT2D eigenvalue weighted by Gasteiger charge is -2.41. The van der Waals surface area contributed by atoms with Crippen LogP contribution in [-0.2, 0) is 13.0 Å². The number of aromatic nitrogens is 3. The standard InChI is InChI=1S/C17H22ClN3O2/c1-16(2)15(22)8-13(7-12-3-5-14(18)6-4-12)17(16,23)9-21-11-19-10-20-21/h3-6,10-11,13,15,22-23H,7-9H2,1-2H3/t13-,15-,17+/m1/s1. The molecule has 1 aliphatic rings. The highest BCUT2D eigenvalue weighted by atomic mass is 35.5. The van der Waals surface area contributed by atoms with E-state index in [0.717, 1.165) is 5.56 Å². The average Bonchev–Trinajstić information content (AvgIpc) is 3.05. The molecule has 23 heavy (non-hydrogen) atoms. The van der Waals surface area contributed by atoms with Gasteiger partial charge in [0.25, 0.3) is 0 Å². The van der Waals surface area contributed by atoms with E-state index in [1.54, 1.807) is 11.0 Å². The number of nitrogens with zero attached hydrogens (tertiary/aromatic N) is 3. The first-order valence-corrected chi connectivity index (χ1v) is 8.18. The molecule has 5 nitrogen and oxygen atoms in total. The molecular formula is C17H22ClN3O2. The quantitative estimate of drug-likeness (QED) is 0.899. The van der Waals surface area contributed by atoms with Crippen LogP contribution in [0.4, 0.5) is 0 Å². The zero-order valence-corrected chi connectivity index (χ0v) is 14.1. The molecule has 1 aromatic carbocycles. The zero-order chi connectivity index (χ0) is 16.7. The lowest BCUT2D eigenvalue weighted by Crippen LogP contribution is -2.51. The van der Waals surface area contributed by atoms with Gasteiger partial charge in [-0.15, -0.1) is 0 Å². The maximum Gasteiger partial charge on any atom is 0.137 e. The zero-order valence-electron chi connectivity index (χ0n) is 13.4. The topological polar surface area (TPSA) is 71.2 Å². The monoisotopic (exact) mass is 335 g/mol. The Balaban J connectivity index is 1.89. The first-order valence-electron chi connectivity index (χ1n) is 7.80. The molecule has 0 aliphatic heterocycles. The first-order chi connectivity index (χ1) is 10.8. The van der Waals surface area contributed by atoms with Crippen molar-refractivity contribution in [2.45, 2.75) is 44.9 Å². The molecule has 3 rings (SSSR count). The minimum absolute atomic E-state index is 0.0714. The minimum atomic E-state index is -1.07. The second-order valence-electron chi connectivity index (χ2n) is 7.02. The molecule has 2 N–H and O–H groups in total. The van der Waals surface area contributed by atoms with Crippen LogP contribution < -0.4 is 0 Å². The van der Waals surface area contributed by atoms with Crippen LogP contribution in [0.25, 0.3) is 0 Å². The Labute approximate surface area is 140 Å². The third-order valence-corrected chi connectivity index (χ3v) is 5.65. The number of hydrogen-bond acceptors (Lipinski definition) is 4. The van der Waals surface area contributed by atoms with Crippen LogP contribution in [0, 0.1) is 11.3 Å². The van der Waals surface area contributed by atoms with Crippen molar-refractivity contribution in [2.75, 3.05) is 0 Å². The van der Waals surface area contributed by atoms with Gasteiger partial charge in [-0.05, 0) is 36.5 Å². The van der Waals surface area contributed by atoms with Crippen molar-refractivity contribution >= 4 is 11.6 Å². The average molecular weight is 336 g/mol. The summed E-state index contributed by atoms with van der Waals surface area (Å²) in [7, 11) is 0. The van der Waals surface area contributed by atoms with Crippen molar-refractivity contribution in [3.05, 3.63) is 47.5 Å². The minimum Gasteiger partial charge on any atom is -0.392 e. The van der Waals surface area contributed by atoms with Crippen LogP contribution in [0.5, 0.6) is 0 Å². The Morgan fingerprint density at radius 2 is 2.00 bits per heavy atom. The molecule has 1 aliphatic carbocycles. The van der Waals surface area contributed by atoms with Gasteiger partial charge >= 0.3 is 0 Å². The van der Waals surface area contributed by atoms with Gasteiger partial charge in [0, 0.05) is 10.4 Å². The number of hydrogen-bond donors (Lipinski definition) is 2. The lowest BCUT2D eigenvalue weighted by molar-refractivity contribution is -0.113. The van der Waals surface area contributed by atoms with Crippen LogP contribution in [-0.4, -0.2) is 36.7 Å². The number of aliphatic hydroxyl groups excluding tert-OH is 1. The van der Waals surface area contributed by atoms with Gasteiger partial charge in [0.15, 0.2) is 0 Å². The fourth-order valence-corrected chi connectivity index (χ4v) is 3.75. The summed E-state index contributed by atoms with van der Waals surface area (Å²) in [4.78, 5) is 3.94. The van der Waals surface area contributed by atoms with E-state index in [0.29, 0.717) is 24.4 Å². The fourth-order valence-electron chi connectivity index (χ4n) is 3.63. The van der Waals surface area contributed by atoms with Gasteiger partial charge in [-0.1, -0.05) is 37.6 Å². The summed E-state index contributed by atoms with van der Waals surface area (Å²) in [6.45, 7) is 4.14. The second kappa shape index (κ2) is 5.89. The Morgan fingerprint density at radius 1 is 1.30 bits per heavy atom. The van der Waals surface area contributed by atoms with Gasteiger partial charge in [-0.2, -0.15) is 5.10 Å². The Kier molecular flexibility index (Phi) is 4.21. The smallest absolute Gasteiger partial charge is 0.137 e. The largest absolute Gasteiger partial charge is 0.392 e. The molecule has 1 aromatic heterocycles. The highest BCUT2D eigenvalue weighted by Crippen LogP contribution is 2.51. The molecule has 1 fully saturated rings. The Bertz CT molecular complexity index is 657. The summed E-state index contributed by atoms with van der Waals surface area (Å²) in [6, 6.07) is 7.64. The maximum absolute atomic E-state index is 11.5. The molecule has 0 radical (unpaired) electrons. The highest BCUT2D eigenvalue weighted by Gasteiger charge is 2.59. The van der Waals surface area contributed by atoms with Crippen LogP contribution in [0.2, 0.25) is 5.02 Å². The van der Waals surface area contributed by atoms with Crippen molar-refractivity contribution < 1.29 is 10.2 Å². The predicted octanol–water partition coefficient (Wildman–Crippen LogP) is 2.31. The van der Waals surface area contributed by atoms with Crippen LogP contribution in [0.15, 0.2) is 36.9 Å². The van der Waals surface area contributed by atoms with Crippen molar-refractivity contribution in [3.63, 3.8) is 0 Å². The van der Waals surface area contributed by atoms with E-state index in [4.69, 9.17) is 11.6 Å². The van der Waals surface area contributed by atoms with Crippen molar-refractivity contribution in [1.82, 2.24) is 14.8 Å². The van der Waals surface area contributed by atoms with Gasteiger partial charge in [-0.3, -0.25) is 4.68 Å². The van der Waals surface area contributed by atoms with E-state index in [2.05, 4.69) is 10.1 Å². The van der Waals surface area contributed by atoms with Gasteiger partial charge in [0.2, 0.25) is 0 Å². The second-order valence-corrected chi connectivity index (χ2v) is 7.45. The van der Waals surface area contributed by atoms with Gasteiger partial charge in [-0.25, -0.2) is 4.98 Å². The molecule has 0 unspecified atom stereocenters. The van der Waals surface area contributed by atoms with Crippen LogP contribution in [0.3, 0.4) is 0 Å². The predicted molar refractivity (Wildman–Crippen MR) is 88.0 cm³/mol. The summed E-state index contributed by atoms with van der Waals surface area (Å²) in [5.74, 6) is -0.0714. The number of rotatable bonds is 4. The molecule has 1 heterocycles. The van der Waals surface area contributed by atoms with Crippen molar-refractivity contribution in [1.29, 1.82) is 0 Å². The van der Waals surface area contributed by atoms with E-state index >= 15 is 0 Å². The summed E-state index contributed by atoms with van der Waals surface area (Å²) < 4.78 is 1.63. The molecule has 0 amide bonds. The summed E-state index contributed by atoms with van der Waals surface area (Å²) >= 11 is 5.94. The molecule has 124 valence electrons. The third-order valence-electron chi connectivity index (χ3n) is 5.40. The van der Waals surface area contributed by atoms with Crippen LogP contribution in [0.1, 0.15) is 25.8 Å². The molecule has 0 bridgehead atoms. The van der Waals surface area contributed by atoms with Crippen LogP contribution >= 0.6 is 11.6 Å². The SMILES string of the molecule is CC1(C)[C@H](O)C[C@@H](Cc2ccc(Cl)cc2)[C@@]1(O)Cn1cncn1. The molecular weight excluding hydrogens is 314 g/mol. The lowest BCUT2D eigenvalue weighted by atomic mass is 9.72. The van der Waals surface area contributed by atoms with Gasteiger partial charge in [0.05, 0.1) is 18.2 Å². The van der Waals surface area contributed by atoms with Crippen molar-refractivity contribution in [3.8, 4) is 0 Å². The van der Waals surface area contributed by atoms with Crippen molar-refractivity contribution in [2.24, 2.45) is 11.3 Å². The molecule has 6 heteroatoms.